The van der Waals surface area contributed by atoms with Crippen molar-refractivity contribution in [2.75, 3.05) is 7.05 Å². The predicted octanol–water partition coefficient (Wildman–Crippen LogP) is 3.52. The van der Waals surface area contributed by atoms with Crippen LogP contribution in [0.15, 0.2) is 34.2 Å². The fourth-order valence-corrected chi connectivity index (χ4v) is 2.90. The topological polar surface area (TPSA) is 51.0 Å². The average molecular weight is 310 g/mol. The minimum Gasteiger partial charge on any atom is -0.334 e. The minimum atomic E-state index is 0. The first-order chi connectivity index (χ1) is 9.28. The zero-order valence-corrected chi connectivity index (χ0v) is 12.9. The van der Waals surface area contributed by atoms with Crippen LogP contribution >= 0.6 is 23.7 Å². The summed E-state index contributed by atoms with van der Waals surface area (Å²) in [6, 6.07) is 8.59. The number of hydrogen-bond donors (Lipinski definition) is 1. The number of hydrogen-bond acceptors (Lipinski definition) is 5. The van der Waals surface area contributed by atoms with Gasteiger partial charge in [-0.15, -0.1) is 23.7 Å². The van der Waals surface area contributed by atoms with Crippen LogP contribution in [-0.4, -0.2) is 23.2 Å². The van der Waals surface area contributed by atoms with E-state index in [4.69, 9.17) is 4.52 Å². The molecule has 6 heteroatoms. The average Bonchev–Trinajstić information content (AvgIpc) is 3.04. The van der Waals surface area contributed by atoms with Gasteiger partial charge in [-0.05, 0) is 20.0 Å². The van der Waals surface area contributed by atoms with Gasteiger partial charge in [0.2, 0.25) is 0 Å². The number of rotatable bonds is 4. The van der Waals surface area contributed by atoms with Crippen LogP contribution in [0.2, 0.25) is 0 Å². The van der Waals surface area contributed by atoms with E-state index in [9.17, 15) is 0 Å². The summed E-state index contributed by atoms with van der Waals surface area (Å²) in [6.07, 6.45) is 0.766. The summed E-state index contributed by atoms with van der Waals surface area (Å²) < 4.78 is 6.62. The fourth-order valence-electron chi connectivity index (χ4n) is 1.97. The van der Waals surface area contributed by atoms with Crippen LogP contribution in [-0.2, 0) is 6.42 Å². The lowest BCUT2D eigenvalue weighted by atomic mass is 10.2. The largest absolute Gasteiger partial charge is 0.334 e. The zero-order chi connectivity index (χ0) is 13.2. The minimum absolute atomic E-state index is 0. The van der Waals surface area contributed by atoms with Gasteiger partial charge in [-0.3, -0.25) is 0 Å². The highest BCUT2D eigenvalue weighted by atomic mass is 35.5. The third-order valence-corrected chi connectivity index (χ3v) is 4.12. The maximum Gasteiger partial charge on any atom is 0.259 e. The van der Waals surface area contributed by atoms with Gasteiger partial charge in [0, 0.05) is 27.9 Å². The third kappa shape index (κ3) is 2.85. The molecule has 0 fully saturated rings. The zero-order valence-electron chi connectivity index (χ0n) is 11.3. The third-order valence-electron chi connectivity index (χ3n) is 3.16. The van der Waals surface area contributed by atoms with Gasteiger partial charge >= 0.3 is 0 Å². The molecule has 2 aromatic heterocycles. The summed E-state index contributed by atoms with van der Waals surface area (Å²) in [6.45, 7) is 2.09. The van der Waals surface area contributed by atoms with Crippen molar-refractivity contribution in [1.82, 2.24) is 15.5 Å². The molecule has 0 aliphatic heterocycles. The van der Waals surface area contributed by atoms with Crippen LogP contribution in [0.1, 0.15) is 12.7 Å². The van der Waals surface area contributed by atoms with Crippen LogP contribution < -0.4 is 5.32 Å². The molecule has 0 aliphatic carbocycles. The van der Waals surface area contributed by atoms with Crippen molar-refractivity contribution in [3.8, 4) is 11.5 Å². The molecule has 1 N–H and O–H groups in total. The second kappa shape index (κ2) is 6.35. The van der Waals surface area contributed by atoms with E-state index >= 15 is 0 Å². The molecule has 1 atom stereocenters. The van der Waals surface area contributed by atoms with Gasteiger partial charge in [0.1, 0.15) is 0 Å². The number of aromatic nitrogens is 2. The quantitative estimate of drug-likeness (QED) is 0.801. The molecule has 20 heavy (non-hydrogen) atoms. The fraction of sp³-hybridized carbons (Fsp3) is 0.286. The number of nitrogens with zero attached hydrogens (tertiary/aromatic N) is 2. The van der Waals surface area contributed by atoms with E-state index in [-0.39, 0.29) is 12.4 Å². The Morgan fingerprint density at radius 3 is 2.95 bits per heavy atom. The van der Waals surface area contributed by atoms with Gasteiger partial charge in [-0.1, -0.05) is 23.4 Å². The Hall–Kier alpha value is -1.43. The summed E-state index contributed by atoms with van der Waals surface area (Å²) >= 11 is 1.70. The Balaban J connectivity index is 0.00000147. The molecule has 2 heterocycles. The van der Waals surface area contributed by atoms with Crippen molar-refractivity contribution < 1.29 is 4.52 Å². The Labute approximate surface area is 127 Å². The molecule has 0 spiro atoms. The highest BCUT2D eigenvalue weighted by Gasteiger charge is 2.14. The van der Waals surface area contributed by atoms with Gasteiger partial charge in [-0.25, -0.2) is 0 Å². The highest BCUT2D eigenvalue weighted by molar-refractivity contribution is 7.17. The SMILES string of the molecule is CNC(C)Cc1noc(-c2csc3ccccc23)n1.Cl. The molecule has 106 valence electrons. The van der Waals surface area contributed by atoms with Crippen molar-refractivity contribution in [1.29, 1.82) is 0 Å². The maximum absolute atomic E-state index is 5.38. The van der Waals surface area contributed by atoms with Crippen molar-refractivity contribution in [3.63, 3.8) is 0 Å². The Morgan fingerprint density at radius 2 is 2.15 bits per heavy atom. The number of benzene rings is 1. The Morgan fingerprint density at radius 1 is 1.35 bits per heavy atom. The van der Waals surface area contributed by atoms with Crippen LogP contribution in [0, 0.1) is 0 Å². The van der Waals surface area contributed by atoms with Crippen LogP contribution in [0.4, 0.5) is 0 Å². The van der Waals surface area contributed by atoms with Gasteiger partial charge in [0.15, 0.2) is 5.82 Å². The smallest absolute Gasteiger partial charge is 0.259 e. The van der Waals surface area contributed by atoms with Gasteiger partial charge < -0.3 is 9.84 Å². The molecule has 1 aromatic carbocycles. The molecular formula is C14H16ClN3OS. The summed E-state index contributed by atoms with van der Waals surface area (Å²) in [4.78, 5) is 4.48. The highest BCUT2D eigenvalue weighted by Crippen LogP contribution is 2.32. The molecule has 0 amide bonds. The lowest BCUT2D eigenvalue weighted by Crippen LogP contribution is -2.24. The summed E-state index contributed by atoms with van der Waals surface area (Å²) in [7, 11) is 1.93. The lowest BCUT2D eigenvalue weighted by molar-refractivity contribution is 0.418. The normalized spacial score (nSPS) is 12.3. The monoisotopic (exact) mass is 309 g/mol. The standard InChI is InChI=1S/C14H15N3OS.ClH/c1-9(15-2)7-13-16-14(18-17-13)11-8-19-12-6-4-3-5-10(11)12;/h3-6,8-9,15H,7H2,1-2H3;1H. The summed E-state index contributed by atoms with van der Waals surface area (Å²) in [5.74, 6) is 1.35. The first-order valence-corrected chi connectivity index (χ1v) is 7.12. The first-order valence-electron chi connectivity index (χ1n) is 6.24. The van der Waals surface area contributed by atoms with Crippen LogP contribution in [0.5, 0.6) is 0 Å². The molecule has 0 radical (unpaired) electrons. The predicted molar refractivity (Wildman–Crippen MR) is 84.6 cm³/mol. The molecular weight excluding hydrogens is 294 g/mol. The Kier molecular flexibility index (Phi) is 4.75. The van der Waals surface area contributed by atoms with Gasteiger partial charge in [0.05, 0.1) is 5.56 Å². The molecule has 3 rings (SSSR count). The molecule has 0 saturated carbocycles. The maximum atomic E-state index is 5.38. The second-order valence-corrected chi connectivity index (χ2v) is 5.47. The number of likely N-dealkylation sites (N-methyl/N-ethyl adjacent to an activating group) is 1. The number of halogens is 1. The summed E-state index contributed by atoms with van der Waals surface area (Å²) in [5.41, 5.74) is 1.02. The summed E-state index contributed by atoms with van der Waals surface area (Å²) in [5, 5.41) is 10.5. The van der Waals surface area contributed by atoms with E-state index in [1.54, 1.807) is 11.3 Å². The van der Waals surface area contributed by atoms with Crippen LogP contribution in [0.3, 0.4) is 0 Å². The van der Waals surface area contributed by atoms with E-state index in [2.05, 4.69) is 39.9 Å². The number of fused-ring (bicyclic) bond motifs is 1. The molecule has 3 aromatic rings. The number of thiophene rings is 1. The molecule has 0 saturated heterocycles. The Bertz CT molecular complexity index is 694. The molecule has 0 bridgehead atoms. The second-order valence-electron chi connectivity index (χ2n) is 4.56. The van der Waals surface area contributed by atoms with E-state index in [0.717, 1.165) is 17.8 Å². The van der Waals surface area contributed by atoms with Crippen molar-refractivity contribution >= 4 is 33.8 Å². The molecule has 4 nitrogen and oxygen atoms in total. The number of nitrogens with one attached hydrogen (secondary N) is 1. The van der Waals surface area contributed by atoms with E-state index < -0.39 is 0 Å². The molecule has 0 aliphatic rings. The van der Waals surface area contributed by atoms with E-state index in [1.165, 1.54) is 10.1 Å². The van der Waals surface area contributed by atoms with Crippen molar-refractivity contribution in [3.05, 3.63) is 35.5 Å². The lowest BCUT2D eigenvalue weighted by Gasteiger charge is -2.04. The molecule has 1 unspecified atom stereocenters. The van der Waals surface area contributed by atoms with E-state index in [1.807, 2.05) is 19.2 Å². The van der Waals surface area contributed by atoms with Gasteiger partial charge in [-0.2, -0.15) is 4.98 Å². The van der Waals surface area contributed by atoms with Crippen molar-refractivity contribution in [2.24, 2.45) is 0 Å². The van der Waals surface area contributed by atoms with E-state index in [0.29, 0.717) is 11.9 Å². The van der Waals surface area contributed by atoms with Gasteiger partial charge in [0.25, 0.3) is 5.89 Å². The first kappa shape index (κ1) is 15.0. The van der Waals surface area contributed by atoms with Crippen molar-refractivity contribution in [2.45, 2.75) is 19.4 Å². The van der Waals surface area contributed by atoms with Crippen LogP contribution in [0.25, 0.3) is 21.5 Å².